The Balaban J connectivity index is 1.48. The van der Waals surface area contributed by atoms with Crippen molar-refractivity contribution >= 4 is 52.8 Å². The molecule has 174 valence electrons. The molecule has 0 aliphatic carbocycles. The first-order valence-corrected chi connectivity index (χ1v) is 10.9. The van der Waals surface area contributed by atoms with Crippen molar-refractivity contribution in [1.29, 1.82) is 0 Å². The maximum atomic E-state index is 12.2. The van der Waals surface area contributed by atoms with Gasteiger partial charge in [0.15, 0.2) is 6.61 Å². The first kappa shape index (κ1) is 24.5. The highest BCUT2D eigenvalue weighted by Crippen LogP contribution is 2.22. The van der Waals surface area contributed by atoms with E-state index in [0.29, 0.717) is 33.7 Å². The summed E-state index contributed by atoms with van der Waals surface area (Å²) in [4.78, 5) is 35.9. The van der Waals surface area contributed by atoms with Crippen molar-refractivity contribution < 1.29 is 23.9 Å². The predicted molar refractivity (Wildman–Crippen MR) is 125 cm³/mol. The van der Waals surface area contributed by atoms with Gasteiger partial charge in [-0.25, -0.2) is 5.43 Å². The molecule has 0 radical (unpaired) electrons. The van der Waals surface area contributed by atoms with Crippen LogP contribution in [0.1, 0.15) is 18.4 Å². The van der Waals surface area contributed by atoms with Crippen LogP contribution in [0.25, 0.3) is 0 Å². The Hall–Kier alpha value is -3.14. The maximum Gasteiger partial charge on any atom is 0.329 e. The van der Waals surface area contributed by atoms with Gasteiger partial charge in [0.2, 0.25) is 0 Å². The third kappa shape index (κ3) is 8.05. The number of carbonyl (C=O) groups excluding carboxylic acids is 3. The Morgan fingerprint density at radius 3 is 2.61 bits per heavy atom. The van der Waals surface area contributed by atoms with E-state index in [1.807, 2.05) is 0 Å². The summed E-state index contributed by atoms with van der Waals surface area (Å²) < 4.78 is 10.9. The maximum absolute atomic E-state index is 12.2. The van der Waals surface area contributed by atoms with Gasteiger partial charge in [-0.05, 0) is 43.2 Å². The number of benzene rings is 2. The van der Waals surface area contributed by atoms with E-state index in [0.717, 1.165) is 12.8 Å². The predicted octanol–water partition coefficient (Wildman–Crippen LogP) is 2.76. The smallest absolute Gasteiger partial charge is 0.329 e. The van der Waals surface area contributed by atoms with Gasteiger partial charge >= 0.3 is 11.8 Å². The van der Waals surface area contributed by atoms with Gasteiger partial charge in [-0.15, -0.1) is 0 Å². The second kappa shape index (κ2) is 12.2. The summed E-state index contributed by atoms with van der Waals surface area (Å²) in [5.74, 6) is -1.76. The Labute approximate surface area is 200 Å². The van der Waals surface area contributed by atoms with E-state index >= 15 is 0 Å². The van der Waals surface area contributed by atoms with Crippen LogP contribution in [0.2, 0.25) is 10.0 Å². The quantitative estimate of drug-likeness (QED) is 0.297. The first-order chi connectivity index (χ1) is 15.9. The third-order valence-corrected chi connectivity index (χ3v) is 4.95. The van der Waals surface area contributed by atoms with Crippen molar-refractivity contribution in [2.24, 2.45) is 5.10 Å². The van der Waals surface area contributed by atoms with Gasteiger partial charge in [0.25, 0.3) is 5.91 Å². The second-order valence-electron chi connectivity index (χ2n) is 7.08. The molecule has 0 unspecified atom stereocenters. The van der Waals surface area contributed by atoms with E-state index in [1.54, 1.807) is 42.5 Å². The van der Waals surface area contributed by atoms with Crippen LogP contribution in [0.15, 0.2) is 47.6 Å². The number of ether oxygens (including phenoxy) is 2. The summed E-state index contributed by atoms with van der Waals surface area (Å²) in [6.45, 7) is 0.651. The lowest BCUT2D eigenvalue weighted by atomic mass is 10.2. The van der Waals surface area contributed by atoms with Crippen molar-refractivity contribution in [1.82, 2.24) is 10.7 Å². The molecule has 3 rings (SSSR count). The summed E-state index contributed by atoms with van der Waals surface area (Å²) in [7, 11) is 0. The molecule has 0 bridgehead atoms. The van der Waals surface area contributed by atoms with Crippen molar-refractivity contribution in [3.05, 3.63) is 58.1 Å². The molecule has 1 heterocycles. The molecule has 0 aromatic heterocycles. The highest BCUT2D eigenvalue weighted by molar-refractivity contribution is 6.35. The van der Waals surface area contributed by atoms with Crippen molar-refractivity contribution in [2.45, 2.75) is 18.9 Å². The highest BCUT2D eigenvalue weighted by atomic mass is 35.5. The minimum atomic E-state index is -0.901. The van der Waals surface area contributed by atoms with E-state index < -0.39 is 17.7 Å². The molecule has 0 spiro atoms. The van der Waals surface area contributed by atoms with Crippen LogP contribution in [0.5, 0.6) is 5.75 Å². The van der Waals surface area contributed by atoms with E-state index in [1.165, 1.54) is 6.21 Å². The molecule has 0 saturated carbocycles. The number of amides is 3. The van der Waals surface area contributed by atoms with E-state index in [2.05, 4.69) is 21.2 Å². The molecule has 1 aliphatic heterocycles. The lowest BCUT2D eigenvalue weighted by Gasteiger charge is -2.10. The number of anilines is 1. The largest absolute Gasteiger partial charge is 0.483 e. The van der Waals surface area contributed by atoms with Crippen LogP contribution in [-0.4, -0.2) is 49.8 Å². The number of rotatable bonds is 8. The molecular weight excluding hydrogens is 471 g/mol. The van der Waals surface area contributed by atoms with Crippen molar-refractivity contribution in [3.63, 3.8) is 0 Å². The average molecular weight is 493 g/mol. The van der Waals surface area contributed by atoms with Crippen LogP contribution in [0, 0.1) is 0 Å². The Kier molecular flexibility index (Phi) is 9.05. The zero-order chi connectivity index (χ0) is 23.6. The summed E-state index contributed by atoms with van der Waals surface area (Å²) in [5, 5.41) is 9.72. The molecule has 9 nitrogen and oxygen atoms in total. The number of nitrogens with one attached hydrogen (secondary N) is 3. The lowest BCUT2D eigenvalue weighted by molar-refractivity contribution is -0.139. The molecule has 11 heteroatoms. The number of hydrogen-bond acceptors (Lipinski definition) is 6. The zero-order valence-corrected chi connectivity index (χ0v) is 19.0. The standard InChI is InChI=1S/C22H22Cl2N4O5/c23-15-8-16(24)10-17(9-15)27-20(29)13-33-19-6-2-1-4-14(19)11-26-28-22(31)21(30)25-12-18-5-3-7-32-18/h1-2,4,6,8-11,18H,3,5,7,12-13H2,(H,25,30)(H,27,29)(H,28,31)/b26-11-/t18-/m0/s1. The Morgan fingerprint density at radius 2 is 1.88 bits per heavy atom. The summed E-state index contributed by atoms with van der Waals surface area (Å²) in [5.41, 5.74) is 3.10. The van der Waals surface area contributed by atoms with Gasteiger partial charge in [-0.1, -0.05) is 35.3 Å². The molecule has 2 aromatic carbocycles. The first-order valence-electron chi connectivity index (χ1n) is 10.1. The third-order valence-electron chi connectivity index (χ3n) is 4.51. The number of para-hydroxylation sites is 1. The molecule has 1 fully saturated rings. The number of halogens is 2. The summed E-state index contributed by atoms with van der Waals surface area (Å²) in [6, 6.07) is 11.4. The topological polar surface area (TPSA) is 118 Å². The molecule has 3 N–H and O–H groups in total. The fourth-order valence-corrected chi connectivity index (χ4v) is 3.51. The van der Waals surface area contributed by atoms with Crippen LogP contribution >= 0.6 is 23.2 Å². The van der Waals surface area contributed by atoms with Crippen LogP contribution in [0.3, 0.4) is 0 Å². The van der Waals surface area contributed by atoms with Gasteiger partial charge in [0, 0.05) is 34.4 Å². The monoisotopic (exact) mass is 492 g/mol. The molecule has 1 atom stereocenters. The molecule has 1 saturated heterocycles. The van der Waals surface area contributed by atoms with Crippen LogP contribution in [-0.2, 0) is 19.1 Å². The minimum Gasteiger partial charge on any atom is -0.483 e. The van der Waals surface area contributed by atoms with E-state index in [-0.39, 0.29) is 19.3 Å². The van der Waals surface area contributed by atoms with Gasteiger partial charge in [0.1, 0.15) is 5.75 Å². The number of carbonyl (C=O) groups is 3. The van der Waals surface area contributed by atoms with Gasteiger partial charge < -0.3 is 20.1 Å². The minimum absolute atomic E-state index is 0.0673. The SMILES string of the molecule is O=C(COc1ccccc1/C=N\NC(=O)C(=O)NC[C@@H]1CCCO1)Nc1cc(Cl)cc(Cl)c1. The Morgan fingerprint density at radius 1 is 1.12 bits per heavy atom. The zero-order valence-electron chi connectivity index (χ0n) is 17.5. The van der Waals surface area contributed by atoms with Crippen LogP contribution < -0.4 is 20.8 Å². The summed E-state index contributed by atoms with van der Waals surface area (Å²) >= 11 is 11.8. The normalized spacial score (nSPS) is 15.3. The fourth-order valence-electron chi connectivity index (χ4n) is 2.99. The fraction of sp³-hybridized carbons (Fsp3) is 0.273. The molecule has 2 aromatic rings. The van der Waals surface area contributed by atoms with Gasteiger partial charge in [-0.3, -0.25) is 14.4 Å². The van der Waals surface area contributed by atoms with Crippen LogP contribution in [0.4, 0.5) is 5.69 Å². The van der Waals surface area contributed by atoms with Gasteiger partial charge in [-0.2, -0.15) is 5.10 Å². The Bertz CT molecular complexity index is 1020. The number of hydrazone groups is 1. The molecular formula is C22H22Cl2N4O5. The van der Waals surface area contributed by atoms with Crippen molar-refractivity contribution in [3.8, 4) is 5.75 Å². The average Bonchev–Trinajstić information content (AvgIpc) is 3.29. The summed E-state index contributed by atoms with van der Waals surface area (Å²) in [6.07, 6.45) is 3.04. The molecule has 33 heavy (non-hydrogen) atoms. The second-order valence-corrected chi connectivity index (χ2v) is 7.95. The molecule has 3 amide bonds. The number of hydrogen-bond donors (Lipinski definition) is 3. The highest BCUT2D eigenvalue weighted by Gasteiger charge is 2.19. The van der Waals surface area contributed by atoms with Gasteiger partial charge in [0.05, 0.1) is 12.3 Å². The molecule has 1 aliphatic rings. The van der Waals surface area contributed by atoms with E-state index in [4.69, 9.17) is 32.7 Å². The lowest BCUT2D eigenvalue weighted by Crippen LogP contribution is -2.41. The van der Waals surface area contributed by atoms with E-state index in [9.17, 15) is 14.4 Å². The van der Waals surface area contributed by atoms with Crippen molar-refractivity contribution in [2.75, 3.05) is 25.1 Å². The number of nitrogens with zero attached hydrogens (tertiary/aromatic N) is 1.